The van der Waals surface area contributed by atoms with E-state index in [1.54, 1.807) is 6.07 Å². The molecule has 0 saturated carbocycles. The first-order chi connectivity index (χ1) is 9.88. The van der Waals surface area contributed by atoms with Gasteiger partial charge in [-0.3, -0.25) is 0 Å². The Kier molecular flexibility index (Phi) is 4.17. The van der Waals surface area contributed by atoms with Crippen molar-refractivity contribution in [2.24, 2.45) is 0 Å². The second kappa shape index (κ2) is 5.87. The highest BCUT2D eigenvalue weighted by Crippen LogP contribution is 2.31. The fourth-order valence-corrected chi connectivity index (χ4v) is 2.00. The number of aryl methyl sites for hydroxylation is 1. The van der Waals surface area contributed by atoms with Gasteiger partial charge in [-0.15, -0.1) is 0 Å². The number of anilines is 1. The van der Waals surface area contributed by atoms with Gasteiger partial charge in [0, 0.05) is 11.8 Å². The summed E-state index contributed by atoms with van der Waals surface area (Å²) in [7, 11) is 0. The second-order valence-electron chi connectivity index (χ2n) is 5.34. The summed E-state index contributed by atoms with van der Waals surface area (Å²) in [6.07, 6.45) is 0. The minimum atomic E-state index is -1.04. The summed E-state index contributed by atoms with van der Waals surface area (Å²) < 4.78 is 5.81. The van der Waals surface area contributed by atoms with Crippen LogP contribution in [0, 0.1) is 6.92 Å². The van der Waals surface area contributed by atoms with E-state index in [-0.39, 0.29) is 11.3 Å². The molecule has 3 N–H and O–H groups in total. The van der Waals surface area contributed by atoms with Gasteiger partial charge in [0.25, 0.3) is 0 Å². The molecule has 0 aliphatic carbocycles. The lowest BCUT2D eigenvalue weighted by Gasteiger charge is -2.14. The number of nitrogen functional groups attached to an aromatic ring is 1. The monoisotopic (exact) mass is 285 g/mol. The summed E-state index contributed by atoms with van der Waals surface area (Å²) >= 11 is 0. The van der Waals surface area contributed by atoms with Gasteiger partial charge in [-0.1, -0.05) is 26.0 Å². The van der Waals surface area contributed by atoms with Crippen LogP contribution in [0.25, 0.3) is 0 Å². The van der Waals surface area contributed by atoms with Crippen molar-refractivity contribution in [1.82, 2.24) is 0 Å². The fourth-order valence-electron chi connectivity index (χ4n) is 2.00. The zero-order valence-electron chi connectivity index (χ0n) is 12.4. The molecule has 0 radical (unpaired) electrons. The van der Waals surface area contributed by atoms with Gasteiger partial charge in [0.15, 0.2) is 0 Å². The average Bonchev–Trinajstić information content (AvgIpc) is 2.40. The van der Waals surface area contributed by atoms with Crippen LogP contribution in [-0.4, -0.2) is 11.1 Å². The Morgan fingerprint density at radius 1 is 1.14 bits per heavy atom. The lowest BCUT2D eigenvalue weighted by atomic mass is 10.0. The van der Waals surface area contributed by atoms with E-state index in [0.29, 0.717) is 17.4 Å². The van der Waals surface area contributed by atoms with Crippen LogP contribution in [0.3, 0.4) is 0 Å². The molecule has 2 rings (SSSR count). The van der Waals surface area contributed by atoms with E-state index in [4.69, 9.17) is 10.5 Å². The van der Waals surface area contributed by atoms with E-state index in [2.05, 4.69) is 13.8 Å². The number of hydrogen-bond donors (Lipinski definition) is 2. The summed E-state index contributed by atoms with van der Waals surface area (Å²) in [5.74, 6) is 0.233. The van der Waals surface area contributed by atoms with E-state index >= 15 is 0 Å². The maximum Gasteiger partial charge on any atom is 0.339 e. The third-order valence-electron chi connectivity index (χ3n) is 3.33. The Balaban J connectivity index is 2.44. The molecular formula is C17H19NO3. The smallest absolute Gasteiger partial charge is 0.339 e. The first kappa shape index (κ1) is 14.9. The maximum absolute atomic E-state index is 11.3. The fraction of sp³-hybridized carbons (Fsp3) is 0.235. The van der Waals surface area contributed by atoms with Gasteiger partial charge in [0.1, 0.15) is 17.1 Å². The lowest BCUT2D eigenvalue weighted by Crippen LogP contribution is -2.02. The molecule has 2 aromatic carbocycles. The van der Waals surface area contributed by atoms with Gasteiger partial charge in [-0.25, -0.2) is 4.79 Å². The molecule has 21 heavy (non-hydrogen) atoms. The van der Waals surface area contributed by atoms with E-state index in [1.807, 2.05) is 25.1 Å². The Hall–Kier alpha value is -2.49. The first-order valence-electron chi connectivity index (χ1n) is 6.79. The van der Waals surface area contributed by atoms with Gasteiger partial charge in [-0.05, 0) is 42.2 Å². The molecule has 0 fully saturated rings. The number of hydrogen-bond acceptors (Lipinski definition) is 3. The Labute approximate surface area is 124 Å². The third-order valence-corrected chi connectivity index (χ3v) is 3.33. The highest BCUT2D eigenvalue weighted by atomic mass is 16.5. The van der Waals surface area contributed by atoms with Crippen LogP contribution in [0.1, 0.15) is 41.3 Å². The topological polar surface area (TPSA) is 72.5 Å². The molecule has 0 aromatic heterocycles. The molecule has 2 aromatic rings. The maximum atomic E-state index is 11.3. The van der Waals surface area contributed by atoms with Crippen molar-refractivity contribution in [3.63, 3.8) is 0 Å². The van der Waals surface area contributed by atoms with E-state index in [1.165, 1.54) is 12.1 Å². The molecule has 4 nitrogen and oxygen atoms in total. The SMILES string of the molecule is Cc1ccc(C(C)C)cc1Oc1cc(N)ccc1C(=O)O. The third kappa shape index (κ3) is 3.34. The van der Waals surface area contributed by atoms with Crippen molar-refractivity contribution >= 4 is 11.7 Å². The summed E-state index contributed by atoms with van der Waals surface area (Å²) in [5.41, 5.74) is 8.36. The normalized spacial score (nSPS) is 10.7. The molecule has 0 heterocycles. The average molecular weight is 285 g/mol. The number of aromatic carboxylic acids is 1. The molecule has 0 aliphatic rings. The minimum absolute atomic E-state index is 0.0959. The quantitative estimate of drug-likeness (QED) is 0.826. The molecule has 0 bridgehead atoms. The zero-order valence-corrected chi connectivity index (χ0v) is 12.4. The number of carbonyl (C=O) groups is 1. The summed E-state index contributed by atoms with van der Waals surface area (Å²) in [5, 5.41) is 9.23. The minimum Gasteiger partial charge on any atom is -0.478 e. The standard InChI is InChI=1S/C17H19NO3/c1-10(2)12-5-4-11(3)15(8-12)21-16-9-13(18)6-7-14(16)17(19)20/h4-10H,18H2,1-3H3,(H,19,20). The van der Waals surface area contributed by atoms with Crippen LogP contribution in [0.4, 0.5) is 5.69 Å². The number of benzene rings is 2. The van der Waals surface area contributed by atoms with Crippen molar-refractivity contribution in [2.75, 3.05) is 5.73 Å². The van der Waals surface area contributed by atoms with Crippen molar-refractivity contribution < 1.29 is 14.6 Å². The van der Waals surface area contributed by atoms with Crippen LogP contribution in [0.5, 0.6) is 11.5 Å². The summed E-state index contributed by atoms with van der Waals surface area (Å²) in [4.78, 5) is 11.3. The number of carboxylic acid groups (broad SMARTS) is 1. The molecular weight excluding hydrogens is 266 g/mol. The summed E-state index contributed by atoms with van der Waals surface area (Å²) in [6, 6.07) is 10.5. The van der Waals surface area contributed by atoms with Gasteiger partial charge >= 0.3 is 5.97 Å². The van der Waals surface area contributed by atoms with Crippen LogP contribution >= 0.6 is 0 Å². The van der Waals surface area contributed by atoms with Crippen molar-refractivity contribution in [2.45, 2.75) is 26.7 Å². The number of carboxylic acids is 1. The number of ether oxygens (including phenoxy) is 1. The van der Waals surface area contributed by atoms with Gasteiger partial charge in [0.05, 0.1) is 0 Å². The van der Waals surface area contributed by atoms with Gasteiger partial charge < -0.3 is 15.6 Å². The molecule has 0 unspecified atom stereocenters. The summed E-state index contributed by atoms with van der Waals surface area (Å²) in [6.45, 7) is 6.11. The number of rotatable bonds is 4. The molecule has 0 spiro atoms. The van der Waals surface area contributed by atoms with Crippen molar-refractivity contribution in [3.8, 4) is 11.5 Å². The predicted molar refractivity (Wildman–Crippen MR) is 83.2 cm³/mol. The Bertz CT molecular complexity index is 678. The van der Waals surface area contributed by atoms with Gasteiger partial charge in [-0.2, -0.15) is 0 Å². The van der Waals surface area contributed by atoms with Gasteiger partial charge in [0.2, 0.25) is 0 Å². The zero-order chi connectivity index (χ0) is 15.6. The highest BCUT2D eigenvalue weighted by Gasteiger charge is 2.14. The van der Waals surface area contributed by atoms with Crippen LogP contribution in [-0.2, 0) is 0 Å². The molecule has 0 aliphatic heterocycles. The van der Waals surface area contributed by atoms with Crippen LogP contribution < -0.4 is 10.5 Å². The second-order valence-corrected chi connectivity index (χ2v) is 5.34. The number of nitrogens with two attached hydrogens (primary N) is 1. The van der Waals surface area contributed by atoms with E-state index < -0.39 is 5.97 Å². The molecule has 4 heteroatoms. The largest absolute Gasteiger partial charge is 0.478 e. The lowest BCUT2D eigenvalue weighted by molar-refractivity contribution is 0.0694. The van der Waals surface area contributed by atoms with Crippen LogP contribution in [0.2, 0.25) is 0 Å². The Morgan fingerprint density at radius 3 is 2.48 bits per heavy atom. The van der Waals surface area contributed by atoms with E-state index in [9.17, 15) is 9.90 Å². The van der Waals surface area contributed by atoms with E-state index in [0.717, 1.165) is 11.1 Å². The molecule has 0 amide bonds. The Morgan fingerprint density at radius 2 is 1.86 bits per heavy atom. The van der Waals surface area contributed by atoms with Crippen LogP contribution in [0.15, 0.2) is 36.4 Å². The highest BCUT2D eigenvalue weighted by molar-refractivity contribution is 5.91. The van der Waals surface area contributed by atoms with Crippen molar-refractivity contribution in [3.05, 3.63) is 53.1 Å². The molecule has 0 saturated heterocycles. The van der Waals surface area contributed by atoms with Crippen molar-refractivity contribution in [1.29, 1.82) is 0 Å². The first-order valence-corrected chi connectivity index (χ1v) is 6.79. The predicted octanol–water partition coefficient (Wildman–Crippen LogP) is 4.19. The molecule has 110 valence electrons. The molecule has 0 atom stereocenters.